The number of ether oxygens (including phenoxy) is 3. The minimum absolute atomic E-state index is 0.0624. The van der Waals surface area contributed by atoms with Crippen LogP contribution in [0.3, 0.4) is 0 Å². The highest BCUT2D eigenvalue weighted by Crippen LogP contribution is 2.19. The molecule has 0 fully saturated rings. The van der Waals surface area contributed by atoms with Crippen molar-refractivity contribution < 1.29 is 28.6 Å². The van der Waals surface area contributed by atoms with Gasteiger partial charge >= 0.3 is 17.9 Å². The molecule has 6 heteroatoms. The van der Waals surface area contributed by atoms with Crippen LogP contribution >= 0.6 is 0 Å². The number of hydrogen-bond acceptors (Lipinski definition) is 6. The summed E-state index contributed by atoms with van der Waals surface area (Å²) in [6.45, 7) is 6.64. The molecule has 1 atom stereocenters. The van der Waals surface area contributed by atoms with Crippen LogP contribution in [0, 0.1) is 0 Å². The van der Waals surface area contributed by atoms with Crippen LogP contribution in [0.25, 0.3) is 0 Å². The SMILES string of the molecule is CCCCCCCCCCCCCCCCCCCCCCCCCCCCCCCCC(=O)OCC(COC(=O)CCCCCCC)OC(=O)CCCCCCCCCCCCCCCCCCCC. The lowest BCUT2D eigenvalue weighted by molar-refractivity contribution is -0.167. The first kappa shape index (κ1) is 69.4. The van der Waals surface area contributed by atoms with Gasteiger partial charge < -0.3 is 14.2 Å². The molecule has 0 N–H and O–H groups in total. The Bertz CT molecular complexity index is 1060. The van der Waals surface area contributed by atoms with E-state index in [0.717, 1.165) is 64.2 Å². The van der Waals surface area contributed by atoms with Gasteiger partial charge in [-0.05, 0) is 19.3 Å². The van der Waals surface area contributed by atoms with E-state index in [1.807, 2.05) is 0 Å². The lowest BCUT2D eigenvalue weighted by Gasteiger charge is -2.18. The molecule has 0 aliphatic heterocycles. The number of esters is 3. The predicted octanol–water partition coefficient (Wildman–Crippen LogP) is 21.9. The van der Waals surface area contributed by atoms with Gasteiger partial charge in [-0.25, -0.2) is 0 Å². The number of carbonyl (C=O) groups is 3. The van der Waals surface area contributed by atoms with E-state index in [-0.39, 0.29) is 31.1 Å². The lowest BCUT2D eigenvalue weighted by Crippen LogP contribution is -2.30. The summed E-state index contributed by atoms with van der Waals surface area (Å²) in [7, 11) is 0. The van der Waals surface area contributed by atoms with E-state index in [9.17, 15) is 14.4 Å². The van der Waals surface area contributed by atoms with Gasteiger partial charge in [0.25, 0.3) is 0 Å². The normalized spacial score (nSPS) is 11.9. The molecule has 1 unspecified atom stereocenters. The van der Waals surface area contributed by atoms with E-state index in [1.165, 1.54) is 276 Å². The molecule has 0 aromatic heterocycles. The lowest BCUT2D eigenvalue weighted by atomic mass is 10.0. The van der Waals surface area contributed by atoms with Gasteiger partial charge in [-0.1, -0.05) is 342 Å². The molecule has 71 heavy (non-hydrogen) atoms. The minimum Gasteiger partial charge on any atom is -0.462 e. The third-order valence-corrected chi connectivity index (χ3v) is 15.1. The molecule has 0 aromatic carbocycles. The average molecular weight is 1000 g/mol. The molecule has 0 saturated carbocycles. The van der Waals surface area contributed by atoms with Crippen molar-refractivity contribution in [3.05, 3.63) is 0 Å². The first-order valence-corrected chi connectivity index (χ1v) is 32.5. The first-order chi connectivity index (χ1) is 35.0. The fraction of sp³-hybridized carbons (Fsp3) is 0.954. The summed E-state index contributed by atoms with van der Waals surface area (Å²) in [6.07, 6.45) is 70.4. The quantitative estimate of drug-likeness (QED) is 0.0343. The van der Waals surface area contributed by atoms with Gasteiger partial charge in [-0.2, -0.15) is 0 Å². The predicted molar refractivity (Wildman–Crippen MR) is 307 cm³/mol. The van der Waals surface area contributed by atoms with E-state index < -0.39 is 6.10 Å². The molecule has 0 aliphatic carbocycles. The van der Waals surface area contributed by atoms with Crippen molar-refractivity contribution >= 4 is 17.9 Å². The number of unbranched alkanes of at least 4 members (excludes halogenated alkanes) is 50. The van der Waals surface area contributed by atoms with Crippen LogP contribution < -0.4 is 0 Å². The highest BCUT2D eigenvalue weighted by Gasteiger charge is 2.19. The van der Waals surface area contributed by atoms with Crippen molar-refractivity contribution in [3.8, 4) is 0 Å². The molecule has 0 bridgehead atoms. The third-order valence-electron chi connectivity index (χ3n) is 15.1. The van der Waals surface area contributed by atoms with Gasteiger partial charge in [0.1, 0.15) is 13.2 Å². The molecule has 0 radical (unpaired) electrons. The Hall–Kier alpha value is -1.59. The van der Waals surface area contributed by atoms with Crippen molar-refractivity contribution in [2.24, 2.45) is 0 Å². The van der Waals surface area contributed by atoms with Gasteiger partial charge in [0.05, 0.1) is 0 Å². The number of carbonyl (C=O) groups excluding carboxylic acids is 3. The fourth-order valence-corrected chi connectivity index (χ4v) is 10.2. The Morgan fingerprint density at radius 1 is 0.225 bits per heavy atom. The summed E-state index contributed by atoms with van der Waals surface area (Å²) in [5, 5.41) is 0. The fourth-order valence-electron chi connectivity index (χ4n) is 10.2. The molecule has 0 rings (SSSR count). The van der Waals surface area contributed by atoms with Gasteiger partial charge in [0.15, 0.2) is 6.10 Å². The summed E-state index contributed by atoms with van der Waals surface area (Å²) in [5.41, 5.74) is 0. The summed E-state index contributed by atoms with van der Waals surface area (Å²) in [6, 6.07) is 0. The molecule has 0 aliphatic rings. The zero-order valence-electron chi connectivity index (χ0n) is 48.5. The van der Waals surface area contributed by atoms with Crippen molar-refractivity contribution in [2.45, 2.75) is 386 Å². The Morgan fingerprint density at radius 2 is 0.380 bits per heavy atom. The maximum Gasteiger partial charge on any atom is 0.306 e. The number of hydrogen-bond donors (Lipinski definition) is 0. The van der Waals surface area contributed by atoms with Gasteiger partial charge in [0, 0.05) is 19.3 Å². The largest absolute Gasteiger partial charge is 0.462 e. The zero-order chi connectivity index (χ0) is 51.4. The monoisotopic (exact) mass is 1000 g/mol. The van der Waals surface area contributed by atoms with Crippen molar-refractivity contribution in [1.82, 2.24) is 0 Å². The smallest absolute Gasteiger partial charge is 0.306 e. The number of rotatable bonds is 61. The first-order valence-electron chi connectivity index (χ1n) is 32.5. The topological polar surface area (TPSA) is 78.9 Å². The molecule has 0 aromatic rings. The Morgan fingerprint density at radius 3 is 0.563 bits per heavy atom. The molecule has 0 spiro atoms. The Balaban J connectivity index is 3.89. The summed E-state index contributed by atoms with van der Waals surface area (Å²) >= 11 is 0. The van der Waals surface area contributed by atoms with Crippen LogP contribution in [0.1, 0.15) is 380 Å². The van der Waals surface area contributed by atoms with Crippen molar-refractivity contribution in [1.29, 1.82) is 0 Å². The highest BCUT2D eigenvalue weighted by molar-refractivity contribution is 5.71. The Kier molecular flexibility index (Phi) is 59.6. The van der Waals surface area contributed by atoms with Crippen molar-refractivity contribution in [2.75, 3.05) is 13.2 Å². The van der Waals surface area contributed by atoms with Gasteiger partial charge in [-0.15, -0.1) is 0 Å². The van der Waals surface area contributed by atoms with Gasteiger partial charge in [0.2, 0.25) is 0 Å². The van der Waals surface area contributed by atoms with E-state index >= 15 is 0 Å². The average Bonchev–Trinajstić information content (AvgIpc) is 3.37. The molecular weight excluding hydrogens is 877 g/mol. The highest BCUT2D eigenvalue weighted by atomic mass is 16.6. The van der Waals surface area contributed by atoms with Gasteiger partial charge in [-0.3, -0.25) is 14.4 Å². The summed E-state index contributed by atoms with van der Waals surface area (Å²) in [5.74, 6) is -0.847. The molecular formula is C65H126O6. The van der Waals surface area contributed by atoms with E-state index in [4.69, 9.17) is 14.2 Å². The maximum atomic E-state index is 12.8. The third kappa shape index (κ3) is 59.2. The Labute approximate surface area is 444 Å². The van der Waals surface area contributed by atoms with E-state index in [0.29, 0.717) is 19.3 Å². The summed E-state index contributed by atoms with van der Waals surface area (Å²) in [4.78, 5) is 37.9. The molecule has 0 saturated heterocycles. The van der Waals surface area contributed by atoms with Crippen LogP contribution in [-0.2, 0) is 28.6 Å². The second-order valence-corrected chi connectivity index (χ2v) is 22.4. The summed E-state index contributed by atoms with van der Waals surface area (Å²) < 4.78 is 16.8. The van der Waals surface area contributed by atoms with Crippen LogP contribution in [-0.4, -0.2) is 37.2 Å². The van der Waals surface area contributed by atoms with Crippen LogP contribution in [0.2, 0.25) is 0 Å². The molecule has 6 nitrogen and oxygen atoms in total. The van der Waals surface area contributed by atoms with Crippen LogP contribution in [0.5, 0.6) is 0 Å². The second-order valence-electron chi connectivity index (χ2n) is 22.4. The molecule has 0 amide bonds. The second kappa shape index (κ2) is 61.0. The maximum absolute atomic E-state index is 12.8. The minimum atomic E-state index is -0.760. The van der Waals surface area contributed by atoms with E-state index in [2.05, 4.69) is 20.8 Å². The molecule has 422 valence electrons. The van der Waals surface area contributed by atoms with E-state index in [1.54, 1.807) is 0 Å². The standard InChI is InChI=1S/C65H126O6/c1-4-7-10-13-15-17-19-21-23-25-27-28-29-30-31-32-33-34-35-36-37-38-40-41-43-45-47-49-52-55-58-64(67)70-61-62(60-69-63(66)57-54-51-12-9-6-3)71-65(68)59-56-53-50-48-46-44-42-39-26-24-22-20-18-16-14-11-8-5-2/h62H,4-61H2,1-3H3. The molecule has 0 heterocycles. The van der Waals surface area contributed by atoms with Crippen LogP contribution in [0.4, 0.5) is 0 Å². The van der Waals surface area contributed by atoms with Crippen LogP contribution in [0.15, 0.2) is 0 Å². The van der Waals surface area contributed by atoms with Crippen molar-refractivity contribution in [3.63, 3.8) is 0 Å². The zero-order valence-corrected chi connectivity index (χ0v) is 48.5.